The quantitative estimate of drug-likeness (QED) is 0.260. The van der Waals surface area contributed by atoms with Gasteiger partial charge < -0.3 is 29.9 Å². The fourth-order valence-electron chi connectivity index (χ4n) is 4.99. The number of ether oxygens (including phenoxy) is 2. The number of ketones is 1. The van der Waals surface area contributed by atoms with Gasteiger partial charge in [-0.25, -0.2) is 0 Å². The molecule has 1 aromatic heterocycles. The van der Waals surface area contributed by atoms with Gasteiger partial charge in [0.25, 0.3) is 5.91 Å². The summed E-state index contributed by atoms with van der Waals surface area (Å²) in [7, 11) is 0. The van der Waals surface area contributed by atoms with Gasteiger partial charge in [0, 0.05) is 25.6 Å². The minimum atomic E-state index is -0.983. The second kappa shape index (κ2) is 14.7. The molecule has 4 atom stereocenters. The lowest BCUT2D eigenvalue weighted by molar-refractivity contribution is -0.133. The number of rotatable bonds is 15. The van der Waals surface area contributed by atoms with Crippen molar-refractivity contribution in [3.8, 4) is 0 Å². The van der Waals surface area contributed by atoms with Gasteiger partial charge in [-0.2, -0.15) is 0 Å². The second-order valence-electron chi connectivity index (χ2n) is 11.8. The van der Waals surface area contributed by atoms with Gasteiger partial charge in [-0.15, -0.1) is 0 Å². The Kier molecular flexibility index (Phi) is 11.1. The second-order valence-corrected chi connectivity index (χ2v) is 11.8. The maximum Gasteiger partial charge on any atom is 0.274 e. The van der Waals surface area contributed by atoms with Crippen LogP contribution in [0.25, 0.3) is 0 Å². The maximum atomic E-state index is 13.6. The number of nitrogens with zero attached hydrogens (tertiary/aromatic N) is 2. The highest BCUT2D eigenvalue weighted by Gasteiger charge is 2.50. The fraction of sp³-hybridized carbons (Fsp3) is 0.581. The summed E-state index contributed by atoms with van der Waals surface area (Å²) in [4.78, 5) is 55.3. The van der Waals surface area contributed by atoms with Crippen LogP contribution >= 0.6 is 0 Å². The lowest BCUT2D eigenvalue weighted by atomic mass is 9.93. The van der Waals surface area contributed by atoms with Gasteiger partial charge in [0.15, 0.2) is 17.2 Å². The number of aromatic nitrogens is 1. The third kappa shape index (κ3) is 9.19. The van der Waals surface area contributed by atoms with Gasteiger partial charge in [0.2, 0.25) is 11.8 Å². The first-order valence-electron chi connectivity index (χ1n) is 15.0. The molecule has 0 spiro atoms. The zero-order chi connectivity index (χ0) is 31.0. The molecule has 12 nitrogen and oxygen atoms in total. The third-order valence-corrected chi connectivity index (χ3v) is 7.66. The molecule has 0 unspecified atom stereocenters. The molecule has 0 aliphatic carbocycles. The summed E-state index contributed by atoms with van der Waals surface area (Å²) < 4.78 is 16.1. The van der Waals surface area contributed by atoms with Gasteiger partial charge in [-0.3, -0.25) is 24.1 Å². The SMILES string of the molecule is CC[C@H](NC(=O)c1cc(CN2CCOCC2)on1)C(=O)N[C@@H](Cc1ccccc1)C(=O)N[C@@H](CC(C)C)C(=O)[C@@]1(C)CO1. The number of benzene rings is 1. The minimum Gasteiger partial charge on any atom is -0.379 e. The summed E-state index contributed by atoms with van der Waals surface area (Å²) in [5.74, 6) is -1.05. The van der Waals surface area contributed by atoms with Crippen molar-refractivity contribution in [2.24, 2.45) is 5.92 Å². The van der Waals surface area contributed by atoms with Gasteiger partial charge in [-0.05, 0) is 31.2 Å². The first-order chi connectivity index (χ1) is 20.6. The number of epoxide rings is 1. The van der Waals surface area contributed by atoms with Crippen molar-refractivity contribution >= 4 is 23.5 Å². The van der Waals surface area contributed by atoms with E-state index in [0.29, 0.717) is 38.5 Å². The third-order valence-electron chi connectivity index (χ3n) is 7.66. The number of morpholine rings is 1. The Balaban J connectivity index is 1.42. The van der Waals surface area contributed by atoms with Crippen molar-refractivity contribution in [2.45, 2.75) is 77.2 Å². The molecule has 43 heavy (non-hydrogen) atoms. The first-order valence-corrected chi connectivity index (χ1v) is 15.0. The Morgan fingerprint density at radius 2 is 1.63 bits per heavy atom. The van der Waals surface area contributed by atoms with E-state index in [1.54, 1.807) is 19.9 Å². The molecule has 234 valence electrons. The molecule has 2 aliphatic heterocycles. The van der Waals surface area contributed by atoms with E-state index in [1.165, 1.54) is 0 Å². The van der Waals surface area contributed by atoms with Gasteiger partial charge in [0.05, 0.1) is 32.4 Å². The van der Waals surface area contributed by atoms with Crippen LogP contribution in [0, 0.1) is 5.92 Å². The summed E-state index contributed by atoms with van der Waals surface area (Å²) in [6.45, 7) is 11.0. The predicted molar refractivity (Wildman–Crippen MR) is 157 cm³/mol. The monoisotopic (exact) mass is 597 g/mol. The maximum absolute atomic E-state index is 13.6. The number of Topliss-reactive ketones (excluding diaryl/α,β-unsaturated/α-hetero) is 1. The van der Waals surface area contributed by atoms with Crippen LogP contribution in [0.15, 0.2) is 40.9 Å². The van der Waals surface area contributed by atoms with E-state index in [2.05, 4.69) is 26.0 Å². The molecule has 3 N–H and O–H groups in total. The molecule has 3 amide bonds. The van der Waals surface area contributed by atoms with Crippen LogP contribution in [0.4, 0.5) is 0 Å². The summed E-state index contributed by atoms with van der Waals surface area (Å²) in [6.07, 6.45) is 0.918. The average molecular weight is 598 g/mol. The number of hydrogen-bond acceptors (Lipinski definition) is 9. The highest BCUT2D eigenvalue weighted by molar-refractivity contribution is 5.99. The molecule has 3 heterocycles. The first kappa shape index (κ1) is 32.3. The van der Waals surface area contributed by atoms with Crippen LogP contribution in [0.5, 0.6) is 0 Å². The zero-order valence-corrected chi connectivity index (χ0v) is 25.4. The molecule has 1 aromatic carbocycles. The van der Waals surface area contributed by atoms with Crippen LogP contribution < -0.4 is 16.0 Å². The molecule has 2 fully saturated rings. The van der Waals surface area contributed by atoms with Crippen molar-refractivity contribution < 1.29 is 33.2 Å². The van der Waals surface area contributed by atoms with Gasteiger partial charge >= 0.3 is 0 Å². The predicted octanol–water partition coefficient (Wildman–Crippen LogP) is 1.63. The van der Waals surface area contributed by atoms with E-state index in [9.17, 15) is 19.2 Å². The molecule has 0 saturated carbocycles. The summed E-state index contributed by atoms with van der Waals surface area (Å²) >= 11 is 0. The fourth-order valence-corrected chi connectivity index (χ4v) is 4.99. The standard InChI is InChI=1S/C31H43N5O7/c1-5-23(32-30(40)26-17-22(43-35-26)18-36-11-13-41-14-12-36)28(38)34-25(16-21-9-7-6-8-10-21)29(39)33-24(15-20(2)3)27(37)31(4)19-42-31/h6-10,17,20,23-25H,5,11-16,18-19H2,1-4H3,(H,32,40)(H,33,39)(H,34,38)/t23-,24-,25-,31+/m0/s1. The van der Waals surface area contributed by atoms with Crippen LogP contribution in [0.1, 0.15) is 62.3 Å². The van der Waals surface area contributed by atoms with E-state index in [4.69, 9.17) is 14.0 Å². The number of amides is 3. The lowest BCUT2D eigenvalue weighted by Crippen LogP contribution is -2.57. The van der Waals surface area contributed by atoms with E-state index >= 15 is 0 Å². The number of hydrogen-bond donors (Lipinski definition) is 3. The Hall–Kier alpha value is -3.61. The van der Waals surface area contributed by atoms with E-state index in [-0.39, 0.29) is 30.2 Å². The molecular formula is C31H43N5O7. The summed E-state index contributed by atoms with van der Waals surface area (Å²) in [5, 5.41) is 12.3. The van der Waals surface area contributed by atoms with E-state index in [1.807, 2.05) is 44.2 Å². The summed E-state index contributed by atoms with van der Waals surface area (Å²) in [6, 6.07) is 8.19. The van der Waals surface area contributed by atoms with Crippen LogP contribution in [-0.2, 0) is 36.8 Å². The van der Waals surface area contributed by atoms with E-state index in [0.717, 1.165) is 18.7 Å². The molecular weight excluding hydrogens is 554 g/mol. The van der Waals surface area contributed by atoms with Gasteiger partial charge in [0.1, 0.15) is 17.7 Å². The molecule has 2 aliphatic rings. The smallest absolute Gasteiger partial charge is 0.274 e. The number of nitrogens with one attached hydrogen (secondary N) is 3. The molecule has 12 heteroatoms. The van der Waals surface area contributed by atoms with Crippen LogP contribution in [-0.4, -0.2) is 90.2 Å². The molecule has 4 rings (SSSR count). The van der Waals surface area contributed by atoms with Crippen molar-refractivity contribution in [1.29, 1.82) is 0 Å². The molecule has 2 saturated heterocycles. The highest BCUT2D eigenvalue weighted by Crippen LogP contribution is 2.29. The van der Waals surface area contributed by atoms with Crippen molar-refractivity contribution in [2.75, 3.05) is 32.9 Å². The molecule has 2 aromatic rings. The van der Waals surface area contributed by atoms with Crippen LogP contribution in [0.2, 0.25) is 0 Å². The Morgan fingerprint density at radius 3 is 2.26 bits per heavy atom. The van der Waals surface area contributed by atoms with Crippen molar-refractivity contribution in [1.82, 2.24) is 26.0 Å². The van der Waals surface area contributed by atoms with Gasteiger partial charge in [-0.1, -0.05) is 56.3 Å². The number of carbonyl (C=O) groups excluding carboxylic acids is 4. The van der Waals surface area contributed by atoms with Crippen LogP contribution in [0.3, 0.4) is 0 Å². The minimum absolute atomic E-state index is 0.0684. The van der Waals surface area contributed by atoms with Crippen molar-refractivity contribution in [3.63, 3.8) is 0 Å². The Morgan fingerprint density at radius 1 is 0.977 bits per heavy atom. The van der Waals surface area contributed by atoms with E-state index < -0.39 is 41.4 Å². The average Bonchev–Trinajstić information content (AvgIpc) is 3.57. The van der Waals surface area contributed by atoms with Crippen molar-refractivity contribution in [3.05, 3.63) is 53.4 Å². The highest BCUT2D eigenvalue weighted by atomic mass is 16.6. The Bertz CT molecular complexity index is 1250. The Labute approximate surface area is 252 Å². The topological polar surface area (TPSA) is 155 Å². The number of carbonyl (C=O) groups is 4. The normalized spacial score (nSPS) is 20.6. The molecule has 0 radical (unpaired) electrons. The summed E-state index contributed by atoms with van der Waals surface area (Å²) in [5.41, 5.74) is 0.00441. The molecule has 0 bridgehead atoms. The zero-order valence-electron chi connectivity index (χ0n) is 25.4. The largest absolute Gasteiger partial charge is 0.379 e. The lowest BCUT2D eigenvalue weighted by Gasteiger charge is -2.26.